The van der Waals surface area contributed by atoms with Gasteiger partial charge in [-0.25, -0.2) is 0 Å². The second-order valence-electron chi connectivity index (χ2n) is 4.56. The Morgan fingerprint density at radius 3 is 2.71 bits per heavy atom. The van der Waals surface area contributed by atoms with Crippen molar-refractivity contribution in [1.29, 1.82) is 0 Å². The molecular weight excluding hydrogens is 174 g/mol. The smallest absolute Gasteiger partial charge is 0.0551 e. The minimum Gasteiger partial charge on any atom is -0.397 e. The second-order valence-corrected chi connectivity index (χ2v) is 4.56. The number of anilines is 2. The molecule has 0 spiro atoms. The molecule has 14 heavy (non-hydrogen) atoms. The molecule has 0 aliphatic heterocycles. The predicted octanol–water partition coefficient (Wildman–Crippen LogP) is 2.02. The fraction of sp³-hybridized carbons (Fsp3) is 0.545. The molecule has 3 N–H and O–H groups in total. The van der Waals surface area contributed by atoms with E-state index in [1.165, 1.54) is 25.7 Å². The number of rotatable bonds is 3. The quantitative estimate of drug-likeness (QED) is 0.764. The lowest BCUT2D eigenvalue weighted by atomic mass is 10.1. The summed E-state index contributed by atoms with van der Waals surface area (Å²) in [5, 5.41) is 3.59. The highest BCUT2D eigenvalue weighted by molar-refractivity contribution is 5.54. The molecule has 1 aromatic rings. The van der Waals surface area contributed by atoms with Crippen LogP contribution < -0.4 is 11.1 Å². The van der Waals surface area contributed by atoms with Gasteiger partial charge < -0.3 is 11.1 Å². The zero-order chi connectivity index (χ0) is 9.60. The monoisotopic (exact) mass is 189 g/mol. The summed E-state index contributed by atoms with van der Waals surface area (Å²) in [5.41, 5.74) is 7.92. The van der Waals surface area contributed by atoms with Crippen molar-refractivity contribution in [3.05, 3.63) is 18.5 Å². The summed E-state index contributed by atoms with van der Waals surface area (Å²) < 4.78 is 0. The number of nitrogens with two attached hydrogens (primary N) is 1. The van der Waals surface area contributed by atoms with Crippen LogP contribution in [-0.4, -0.2) is 10.5 Å². The molecule has 0 bridgehead atoms. The van der Waals surface area contributed by atoms with E-state index in [1.54, 1.807) is 6.20 Å². The van der Waals surface area contributed by atoms with E-state index in [-0.39, 0.29) is 0 Å². The standard InChI is InChI=1S/C11H15N3/c12-9-5-10(7-13-6-9)14-11(3-4-11)8-1-2-8/h5-8,14H,1-4,12H2. The van der Waals surface area contributed by atoms with Gasteiger partial charge >= 0.3 is 0 Å². The maximum atomic E-state index is 5.69. The summed E-state index contributed by atoms with van der Waals surface area (Å²) in [6, 6.07) is 1.97. The molecule has 0 radical (unpaired) electrons. The van der Waals surface area contributed by atoms with Gasteiger partial charge in [-0.1, -0.05) is 0 Å². The molecule has 2 aliphatic rings. The van der Waals surface area contributed by atoms with Crippen LogP contribution in [0.15, 0.2) is 18.5 Å². The van der Waals surface area contributed by atoms with Gasteiger partial charge in [-0.15, -0.1) is 0 Å². The van der Waals surface area contributed by atoms with Gasteiger partial charge in [0.1, 0.15) is 0 Å². The molecule has 2 saturated carbocycles. The van der Waals surface area contributed by atoms with Gasteiger partial charge in [0.15, 0.2) is 0 Å². The number of nitrogens with zero attached hydrogens (tertiary/aromatic N) is 1. The summed E-state index contributed by atoms with van der Waals surface area (Å²) >= 11 is 0. The van der Waals surface area contributed by atoms with Crippen LogP contribution in [0.2, 0.25) is 0 Å². The summed E-state index contributed by atoms with van der Waals surface area (Å²) in [6.45, 7) is 0. The number of nitrogen functional groups attached to an aromatic ring is 1. The molecule has 0 saturated heterocycles. The number of pyridine rings is 1. The van der Waals surface area contributed by atoms with E-state index in [1.807, 2.05) is 12.3 Å². The van der Waals surface area contributed by atoms with Crippen molar-refractivity contribution >= 4 is 11.4 Å². The van der Waals surface area contributed by atoms with Crippen LogP contribution in [0.25, 0.3) is 0 Å². The van der Waals surface area contributed by atoms with Crippen LogP contribution in [0.1, 0.15) is 25.7 Å². The van der Waals surface area contributed by atoms with Crippen molar-refractivity contribution < 1.29 is 0 Å². The molecule has 3 nitrogen and oxygen atoms in total. The fourth-order valence-electron chi connectivity index (χ4n) is 2.22. The molecule has 3 rings (SSSR count). The zero-order valence-electron chi connectivity index (χ0n) is 8.16. The topological polar surface area (TPSA) is 50.9 Å². The molecule has 1 aromatic heterocycles. The van der Waals surface area contributed by atoms with Gasteiger partial charge in [0.2, 0.25) is 0 Å². The van der Waals surface area contributed by atoms with E-state index >= 15 is 0 Å². The van der Waals surface area contributed by atoms with Crippen molar-refractivity contribution in [2.45, 2.75) is 31.2 Å². The Morgan fingerprint density at radius 1 is 1.36 bits per heavy atom. The Bertz CT molecular complexity index is 353. The molecular formula is C11H15N3. The normalized spacial score (nSPS) is 23.1. The van der Waals surface area contributed by atoms with Crippen LogP contribution in [0.3, 0.4) is 0 Å². The average Bonchev–Trinajstić information content (AvgIpc) is 2.99. The van der Waals surface area contributed by atoms with E-state index in [2.05, 4.69) is 10.3 Å². The largest absolute Gasteiger partial charge is 0.397 e. The van der Waals surface area contributed by atoms with Gasteiger partial charge in [-0.2, -0.15) is 0 Å². The highest BCUT2D eigenvalue weighted by Crippen LogP contribution is 2.55. The molecule has 2 fully saturated rings. The first kappa shape index (κ1) is 8.09. The summed E-state index contributed by atoms with van der Waals surface area (Å²) in [6.07, 6.45) is 8.95. The first-order valence-electron chi connectivity index (χ1n) is 5.27. The van der Waals surface area contributed by atoms with Gasteiger partial charge in [0.25, 0.3) is 0 Å². The Labute approximate surface area is 83.7 Å². The molecule has 3 heteroatoms. The minimum absolute atomic E-state index is 0.412. The Morgan fingerprint density at radius 2 is 2.14 bits per heavy atom. The van der Waals surface area contributed by atoms with Gasteiger partial charge in [0.05, 0.1) is 17.6 Å². The maximum absolute atomic E-state index is 5.69. The Kier molecular flexibility index (Phi) is 1.52. The SMILES string of the molecule is Nc1cncc(NC2(C3CC3)CC2)c1. The third-order valence-corrected chi connectivity index (χ3v) is 3.30. The van der Waals surface area contributed by atoms with Gasteiger partial charge in [-0.05, 0) is 37.7 Å². The van der Waals surface area contributed by atoms with Crippen molar-refractivity contribution in [3.8, 4) is 0 Å². The Hall–Kier alpha value is -1.25. The van der Waals surface area contributed by atoms with Crippen LogP contribution in [-0.2, 0) is 0 Å². The number of hydrogen-bond acceptors (Lipinski definition) is 3. The number of aromatic nitrogens is 1. The van der Waals surface area contributed by atoms with Crippen LogP contribution in [0.4, 0.5) is 11.4 Å². The summed E-state index contributed by atoms with van der Waals surface area (Å²) in [7, 11) is 0. The zero-order valence-corrected chi connectivity index (χ0v) is 8.16. The minimum atomic E-state index is 0.412. The molecule has 2 aliphatic carbocycles. The lowest BCUT2D eigenvalue weighted by Gasteiger charge is -2.17. The number of hydrogen-bond donors (Lipinski definition) is 2. The van der Waals surface area contributed by atoms with E-state index in [0.717, 1.165) is 17.3 Å². The average molecular weight is 189 g/mol. The van der Waals surface area contributed by atoms with Gasteiger partial charge in [-0.3, -0.25) is 4.98 Å². The predicted molar refractivity (Wildman–Crippen MR) is 57.0 cm³/mol. The van der Waals surface area contributed by atoms with Crippen molar-refractivity contribution in [1.82, 2.24) is 4.98 Å². The third kappa shape index (κ3) is 1.33. The summed E-state index contributed by atoms with van der Waals surface area (Å²) in [4.78, 5) is 4.09. The first-order chi connectivity index (χ1) is 6.78. The van der Waals surface area contributed by atoms with Crippen LogP contribution in [0.5, 0.6) is 0 Å². The van der Waals surface area contributed by atoms with Crippen molar-refractivity contribution in [3.63, 3.8) is 0 Å². The molecule has 74 valence electrons. The van der Waals surface area contributed by atoms with Gasteiger partial charge in [0, 0.05) is 11.7 Å². The molecule has 0 amide bonds. The molecule has 0 atom stereocenters. The lowest BCUT2D eigenvalue weighted by molar-refractivity contribution is 0.634. The van der Waals surface area contributed by atoms with E-state index in [0.29, 0.717) is 5.54 Å². The van der Waals surface area contributed by atoms with Crippen LogP contribution >= 0.6 is 0 Å². The highest BCUT2D eigenvalue weighted by Gasteiger charge is 2.53. The summed E-state index contributed by atoms with van der Waals surface area (Å²) in [5.74, 6) is 0.906. The Balaban J connectivity index is 1.77. The van der Waals surface area contributed by atoms with E-state index in [9.17, 15) is 0 Å². The molecule has 0 aromatic carbocycles. The van der Waals surface area contributed by atoms with E-state index < -0.39 is 0 Å². The lowest BCUT2D eigenvalue weighted by Crippen LogP contribution is -2.23. The fourth-order valence-corrected chi connectivity index (χ4v) is 2.22. The maximum Gasteiger partial charge on any atom is 0.0551 e. The third-order valence-electron chi connectivity index (χ3n) is 3.30. The molecule has 1 heterocycles. The van der Waals surface area contributed by atoms with Crippen LogP contribution in [0, 0.1) is 5.92 Å². The highest BCUT2D eigenvalue weighted by atomic mass is 15.1. The second kappa shape index (κ2) is 2.62. The molecule has 0 unspecified atom stereocenters. The number of nitrogens with one attached hydrogen (secondary N) is 1. The first-order valence-corrected chi connectivity index (χ1v) is 5.27. The van der Waals surface area contributed by atoms with Crippen molar-refractivity contribution in [2.24, 2.45) is 5.92 Å². The van der Waals surface area contributed by atoms with E-state index in [4.69, 9.17) is 5.73 Å². The van der Waals surface area contributed by atoms with Crippen molar-refractivity contribution in [2.75, 3.05) is 11.1 Å².